The SMILES string of the molecule is CC(C)(CO)C(O)C(=O)NCCCOC(=O)N=C(N)NC(=O)CC1C(Cl)CCCC1Cl. The minimum Gasteiger partial charge on any atom is -0.448 e. The first-order valence-electron chi connectivity index (χ1n) is 10.1. The van der Waals surface area contributed by atoms with Gasteiger partial charge in [0.15, 0.2) is 0 Å². The summed E-state index contributed by atoms with van der Waals surface area (Å²) in [5.74, 6) is -1.66. The summed E-state index contributed by atoms with van der Waals surface area (Å²) in [4.78, 5) is 39.0. The first-order valence-corrected chi connectivity index (χ1v) is 11.0. The number of carbonyl (C=O) groups excluding carboxylic acids is 3. The zero-order valence-corrected chi connectivity index (χ0v) is 19.3. The third kappa shape index (κ3) is 9.59. The van der Waals surface area contributed by atoms with E-state index >= 15 is 0 Å². The highest BCUT2D eigenvalue weighted by Crippen LogP contribution is 2.34. The van der Waals surface area contributed by atoms with Gasteiger partial charge in [0.1, 0.15) is 6.10 Å². The van der Waals surface area contributed by atoms with Crippen molar-refractivity contribution in [1.29, 1.82) is 0 Å². The van der Waals surface area contributed by atoms with Gasteiger partial charge in [0.25, 0.3) is 0 Å². The molecular formula is C19H32Cl2N4O6. The fourth-order valence-corrected chi connectivity index (χ4v) is 3.88. The van der Waals surface area contributed by atoms with Gasteiger partial charge in [0.2, 0.25) is 17.8 Å². The molecule has 0 bridgehead atoms. The number of guanidine groups is 1. The zero-order chi connectivity index (χ0) is 23.6. The molecule has 0 aromatic carbocycles. The van der Waals surface area contributed by atoms with Crippen molar-refractivity contribution in [1.82, 2.24) is 10.6 Å². The van der Waals surface area contributed by atoms with Gasteiger partial charge in [-0.1, -0.05) is 20.3 Å². The summed E-state index contributed by atoms with van der Waals surface area (Å²) in [6, 6.07) is 0. The van der Waals surface area contributed by atoms with Crippen LogP contribution in [0.15, 0.2) is 4.99 Å². The van der Waals surface area contributed by atoms with E-state index in [4.69, 9.17) is 38.8 Å². The topological polar surface area (TPSA) is 163 Å². The quantitative estimate of drug-likeness (QED) is 0.140. The van der Waals surface area contributed by atoms with Crippen molar-refractivity contribution >= 4 is 47.1 Å². The van der Waals surface area contributed by atoms with Crippen molar-refractivity contribution in [2.45, 2.75) is 62.8 Å². The van der Waals surface area contributed by atoms with Gasteiger partial charge in [-0.3, -0.25) is 14.9 Å². The van der Waals surface area contributed by atoms with Crippen molar-refractivity contribution in [2.75, 3.05) is 19.8 Å². The van der Waals surface area contributed by atoms with Crippen molar-refractivity contribution in [2.24, 2.45) is 22.1 Å². The molecule has 1 aliphatic rings. The Kier molecular flexibility index (Phi) is 11.5. The number of carbonyl (C=O) groups is 3. The van der Waals surface area contributed by atoms with Crippen LogP contribution in [0.1, 0.15) is 46.0 Å². The van der Waals surface area contributed by atoms with E-state index in [-0.39, 0.29) is 49.3 Å². The Labute approximate surface area is 191 Å². The van der Waals surface area contributed by atoms with Crippen LogP contribution in [0.2, 0.25) is 0 Å². The minimum absolute atomic E-state index is 0.0622. The highest BCUT2D eigenvalue weighted by atomic mass is 35.5. The Morgan fingerprint density at radius 3 is 2.45 bits per heavy atom. The average molecular weight is 483 g/mol. The number of amides is 3. The van der Waals surface area contributed by atoms with E-state index in [0.29, 0.717) is 0 Å². The monoisotopic (exact) mass is 482 g/mol. The van der Waals surface area contributed by atoms with Gasteiger partial charge >= 0.3 is 6.09 Å². The molecule has 178 valence electrons. The maximum absolute atomic E-state index is 12.1. The number of hydrogen-bond acceptors (Lipinski definition) is 6. The number of alkyl halides is 2. The van der Waals surface area contributed by atoms with E-state index in [0.717, 1.165) is 19.3 Å². The Bertz CT molecular complexity index is 651. The molecule has 1 aliphatic carbocycles. The van der Waals surface area contributed by atoms with E-state index in [9.17, 15) is 19.5 Å². The van der Waals surface area contributed by atoms with E-state index in [1.165, 1.54) is 0 Å². The number of aliphatic hydroxyl groups excluding tert-OH is 2. The van der Waals surface area contributed by atoms with Gasteiger partial charge in [0.05, 0.1) is 13.2 Å². The number of hydrogen-bond donors (Lipinski definition) is 5. The number of aliphatic hydroxyl groups is 2. The number of aliphatic imine (C=N–C) groups is 1. The lowest BCUT2D eigenvalue weighted by molar-refractivity contribution is -0.137. The molecule has 1 saturated carbocycles. The van der Waals surface area contributed by atoms with Crippen LogP contribution in [0.3, 0.4) is 0 Å². The van der Waals surface area contributed by atoms with Crippen molar-refractivity contribution in [3.63, 3.8) is 0 Å². The van der Waals surface area contributed by atoms with E-state index in [1.807, 2.05) is 0 Å². The van der Waals surface area contributed by atoms with E-state index in [1.54, 1.807) is 13.8 Å². The first kappa shape index (κ1) is 27.4. The highest BCUT2D eigenvalue weighted by molar-refractivity contribution is 6.24. The summed E-state index contributed by atoms with van der Waals surface area (Å²) in [5, 5.41) is 23.4. The molecule has 0 heterocycles. The molecule has 12 heteroatoms. The predicted octanol–water partition coefficient (Wildman–Crippen LogP) is 0.845. The smallest absolute Gasteiger partial charge is 0.436 e. The molecule has 0 saturated heterocycles. The number of halogens is 2. The second kappa shape index (κ2) is 13.0. The van der Waals surface area contributed by atoms with Crippen LogP contribution in [0.5, 0.6) is 0 Å². The molecule has 1 fully saturated rings. The van der Waals surface area contributed by atoms with Crippen LogP contribution in [-0.4, -0.2) is 70.7 Å². The van der Waals surface area contributed by atoms with Gasteiger partial charge in [0, 0.05) is 35.1 Å². The maximum atomic E-state index is 12.1. The van der Waals surface area contributed by atoms with Gasteiger partial charge in [-0.25, -0.2) is 4.79 Å². The first-order chi connectivity index (χ1) is 14.5. The average Bonchev–Trinajstić information content (AvgIpc) is 2.69. The van der Waals surface area contributed by atoms with Crippen LogP contribution < -0.4 is 16.4 Å². The summed E-state index contributed by atoms with van der Waals surface area (Å²) in [7, 11) is 0. The zero-order valence-electron chi connectivity index (χ0n) is 17.8. The molecule has 10 nitrogen and oxygen atoms in total. The standard InChI is InChI=1S/C19H32Cl2N4O6/c1-19(2,10-26)15(28)16(29)23-7-4-8-31-18(30)25-17(22)24-14(27)9-11-12(20)5-3-6-13(11)21/h11-13,15,26,28H,3-10H2,1-2H3,(H,23,29)(H3,22,24,25,27,30). The summed E-state index contributed by atoms with van der Waals surface area (Å²) in [6.07, 6.45) is 0.474. The lowest BCUT2D eigenvalue weighted by atomic mass is 9.86. The number of nitrogens with one attached hydrogen (secondary N) is 2. The Balaban J connectivity index is 2.30. The van der Waals surface area contributed by atoms with Crippen LogP contribution in [-0.2, 0) is 14.3 Å². The Morgan fingerprint density at radius 1 is 1.26 bits per heavy atom. The third-order valence-electron chi connectivity index (χ3n) is 5.03. The van der Waals surface area contributed by atoms with Crippen molar-refractivity contribution < 1.29 is 29.3 Å². The molecule has 0 aliphatic heterocycles. The molecule has 31 heavy (non-hydrogen) atoms. The lowest BCUT2D eigenvalue weighted by Gasteiger charge is -2.30. The molecule has 0 radical (unpaired) electrons. The fourth-order valence-electron chi connectivity index (χ4n) is 2.97. The maximum Gasteiger partial charge on any atom is 0.436 e. The molecule has 6 N–H and O–H groups in total. The summed E-state index contributed by atoms with van der Waals surface area (Å²) < 4.78 is 4.86. The predicted molar refractivity (Wildman–Crippen MR) is 117 cm³/mol. The second-order valence-corrected chi connectivity index (χ2v) is 9.31. The molecule has 3 amide bonds. The van der Waals surface area contributed by atoms with Crippen LogP contribution in [0, 0.1) is 11.3 Å². The van der Waals surface area contributed by atoms with Crippen LogP contribution in [0.25, 0.3) is 0 Å². The molecule has 1 rings (SSSR count). The van der Waals surface area contributed by atoms with Gasteiger partial charge in [-0.2, -0.15) is 0 Å². The van der Waals surface area contributed by atoms with Gasteiger partial charge < -0.3 is 26.0 Å². The Morgan fingerprint density at radius 2 is 1.87 bits per heavy atom. The van der Waals surface area contributed by atoms with Gasteiger partial charge in [-0.05, 0) is 19.3 Å². The molecule has 0 aromatic rings. The number of nitrogens with two attached hydrogens (primary N) is 1. The fraction of sp³-hybridized carbons (Fsp3) is 0.789. The molecule has 0 aromatic heterocycles. The van der Waals surface area contributed by atoms with Crippen molar-refractivity contribution in [3.05, 3.63) is 0 Å². The summed E-state index contributed by atoms with van der Waals surface area (Å²) in [5.41, 5.74) is 4.58. The third-order valence-corrected chi connectivity index (χ3v) is 6.11. The number of nitrogens with zero attached hydrogens (tertiary/aromatic N) is 1. The summed E-state index contributed by atoms with van der Waals surface area (Å²) in [6.45, 7) is 2.83. The molecular weight excluding hydrogens is 451 g/mol. The highest BCUT2D eigenvalue weighted by Gasteiger charge is 2.33. The van der Waals surface area contributed by atoms with Crippen LogP contribution in [0.4, 0.5) is 4.79 Å². The number of ether oxygens (including phenoxy) is 1. The van der Waals surface area contributed by atoms with E-state index < -0.39 is 35.4 Å². The molecule has 3 atom stereocenters. The Hall–Kier alpha value is -1.62. The largest absolute Gasteiger partial charge is 0.448 e. The van der Waals surface area contributed by atoms with Crippen molar-refractivity contribution in [3.8, 4) is 0 Å². The van der Waals surface area contributed by atoms with E-state index in [2.05, 4.69) is 15.6 Å². The van der Waals surface area contributed by atoms with Gasteiger partial charge in [-0.15, -0.1) is 28.2 Å². The lowest BCUT2D eigenvalue weighted by Crippen LogP contribution is -2.45. The summed E-state index contributed by atoms with van der Waals surface area (Å²) >= 11 is 12.5. The normalized spacial score (nSPS) is 23.0. The number of rotatable bonds is 9. The molecule has 0 spiro atoms. The minimum atomic E-state index is -1.37. The second-order valence-electron chi connectivity index (χ2n) is 8.18. The van der Waals surface area contributed by atoms with Crippen LogP contribution >= 0.6 is 23.2 Å². The molecule has 3 unspecified atom stereocenters.